The molecule has 4 aromatic rings. The summed E-state index contributed by atoms with van der Waals surface area (Å²) in [7, 11) is 0. The van der Waals surface area contributed by atoms with Gasteiger partial charge < -0.3 is 10.6 Å². The summed E-state index contributed by atoms with van der Waals surface area (Å²) < 4.78 is 15.3. The van der Waals surface area contributed by atoms with Crippen LogP contribution in [0.5, 0.6) is 0 Å². The van der Waals surface area contributed by atoms with Crippen LogP contribution >= 0.6 is 23.1 Å². The van der Waals surface area contributed by atoms with Gasteiger partial charge in [0.1, 0.15) is 5.82 Å². The van der Waals surface area contributed by atoms with Crippen molar-refractivity contribution in [3.63, 3.8) is 0 Å². The van der Waals surface area contributed by atoms with Crippen LogP contribution in [-0.2, 0) is 11.3 Å². The van der Waals surface area contributed by atoms with E-state index in [1.165, 1.54) is 47.4 Å². The highest BCUT2D eigenvalue weighted by Gasteiger charge is 2.19. The minimum atomic E-state index is -0.485. The molecule has 174 valence electrons. The normalized spacial score (nSPS) is 10.8. The summed E-state index contributed by atoms with van der Waals surface area (Å²) in [5.74, 6) is -0.524. The van der Waals surface area contributed by atoms with E-state index in [1.54, 1.807) is 11.6 Å². The van der Waals surface area contributed by atoms with E-state index in [4.69, 9.17) is 0 Å². The molecule has 8 nitrogen and oxygen atoms in total. The molecule has 0 atom stereocenters. The Kier molecular flexibility index (Phi) is 7.33. The molecule has 11 heteroatoms. The lowest BCUT2D eigenvalue weighted by Gasteiger charge is -2.14. The van der Waals surface area contributed by atoms with E-state index in [0.29, 0.717) is 16.1 Å². The van der Waals surface area contributed by atoms with Gasteiger partial charge in [-0.2, -0.15) is 0 Å². The summed E-state index contributed by atoms with van der Waals surface area (Å²) in [6.45, 7) is 4.02. The number of carbonyl (C=O) groups is 2. The number of hydrogen-bond donors (Lipinski definition) is 2. The minimum absolute atomic E-state index is 0.0710. The number of rotatable bonds is 8. The van der Waals surface area contributed by atoms with Gasteiger partial charge in [0, 0.05) is 17.1 Å². The molecule has 0 radical (unpaired) electrons. The van der Waals surface area contributed by atoms with Crippen LogP contribution < -0.4 is 10.6 Å². The molecular weight excluding hydrogens is 475 g/mol. The van der Waals surface area contributed by atoms with E-state index >= 15 is 0 Å². The number of amides is 2. The van der Waals surface area contributed by atoms with Gasteiger partial charge in [0.05, 0.1) is 18.0 Å². The first kappa shape index (κ1) is 23.6. The second-order valence-electron chi connectivity index (χ2n) is 7.39. The van der Waals surface area contributed by atoms with Crippen LogP contribution in [0.4, 0.5) is 9.52 Å². The van der Waals surface area contributed by atoms with Crippen molar-refractivity contribution in [2.75, 3.05) is 11.1 Å². The van der Waals surface area contributed by atoms with Crippen LogP contribution in [0.2, 0.25) is 0 Å². The summed E-state index contributed by atoms with van der Waals surface area (Å²) in [6.07, 6.45) is 1.62. The highest BCUT2D eigenvalue weighted by molar-refractivity contribution is 7.99. The molecule has 0 aliphatic carbocycles. The fourth-order valence-electron chi connectivity index (χ4n) is 3.17. The van der Waals surface area contributed by atoms with E-state index < -0.39 is 11.7 Å². The van der Waals surface area contributed by atoms with Crippen molar-refractivity contribution in [2.45, 2.75) is 25.5 Å². The van der Waals surface area contributed by atoms with Gasteiger partial charge in [-0.3, -0.25) is 14.2 Å². The molecular formula is C23H21FN6O2S2. The number of thioether (sulfide) groups is 1. The molecule has 2 aromatic heterocycles. The van der Waals surface area contributed by atoms with Gasteiger partial charge in [-0.25, -0.2) is 9.37 Å². The largest absolute Gasteiger partial charge is 0.345 e. The number of thiazole rings is 1. The van der Waals surface area contributed by atoms with Gasteiger partial charge in [0.2, 0.25) is 5.91 Å². The Morgan fingerprint density at radius 2 is 2.00 bits per heavy atom. The lowest BCUT2D eigenvalue weighted by Crippen LogP contribution is -2.25. The molecule has 0 aliphatic heterocycles. The van der Waals surface area contributed by atoms with E-state index in [1.807, 2.05) is 36.6 Å². The predicted octanol–water partition coefficient (Wildman–Crippen LogP) is 4.14. The first-order chi connectivity index (χ1) is 16.4. The third-order valence-corrected chi connectivity index (χ3v) is 6.43. The topological polar surface area (TPSA) is 102 Å². The molecule has 4 rings (SSSR count). The summed E-state index contributed by atoms with van der Waals surface area (Å²) in [5, 5.41) is 16.9. The first-order valence-corrected chi connectivity index (χ1v) is 12.1. The Hall–Kier alpha value is -3.57. The van der Waals surface area contributed by atoms with E-state index in [-0.39, 0.29) is 23.8 Å². The summed E-state index contributed by atoms with van der Waals surface area (Å²) in [4.78, 5) is 28.9. The van der Waals surface area contributed by atoms with Crippen molar-refractivity contribution >= 4 is 40.0 Å². The van der Waals surface area contributed by atoms with E-state index in [9.17, 15) is 14.0 Å². The van der Waals surface area contributed by atoms with E-state index in [2.05, 4.69) is 25.8 Å². The number of nitrogens with one attached hydrogen (secondary N) is 2. The quantitative estimate of drug-likeness (QED) is 0.356. The molecule has 0 saturated heterocycles. The Balaban J connectivity index is 1.56. The number of aryl methyl sites for hydroxylation is 2. The zero-order valence-corrected chi connectivity index (χ0v) is 20.0. The molecule has 0 aliphatic rings. The summed E-state index contributed by atoms with van der Waals surface area (Å²) >= 11 is 2.57. The van der Waals surface area contributed by atoms with Crippen molar-refractivity contribution < 1.29 is 14.0 Å². The molecule has 2 aromatic carbocycles. The highest BCUT2D eigenvalue weighted by Crippen LogP contribution is 2.25. The molecule has 2 amide bonds. The average molecular weight is 497 g/mol. The van der Waals surface area contributed by atoms with Gasteiger partial charge >= 0.3 is 0 Å². The first-order valence-electron chi connectivity index (χ1n) is 10.3. The fourth-order valence-corrected chi connectivity index (χ4v) is 4.48. The number of hydrogen-bond acceptors (Lipinski definition) is 7. The summed E-state index contributed by atoms with van der Waals surface area (Å²) in [5.41, 5.74) is 3.09. The number of benzene rings is 2. The highest BCUT2D eigenvalue weighted by atomic mass is 32.2. The van der Waals surface area contributed by atoms with Gasteiger partial charge in [0.15, 0.2) is 16.1 Å². The molecule has 0 spiro atoms. The SMILES string of the molecule is Cc1ccc(C)c(-n2c(CNC(=O)c3cccc(F)c3)nnc2SCC(=O)Nc2nccs2)c1. The standard InChI is InChI=1S/C23H21FN6O2S2/c1-14-6-7-15(2)18(10-14)30-19(12-26-21(32)16-4-3-5-17(24)11-16)28-29-23(30)34-13-20(31)27-22-25-8-9-33-22/h3-11H,12-13H2,1-2H3,(H,26,32)(H,25,27,31). The fraction of sp³-hybridized carbons (Fsp3) is 0.174. The lowest BCUT2D eigenvalue weighted by atomic mass is 10.1. The minimum Gasteiger partial charge on any atom is -0.345 e. The van der Waals surface area contributed by atoms with Crippen LogP contribution in [0, 0.1) is 19.7 Å². The van der Waals surface area contributed by atoms with Crippen LogP contribution in [0.3, 0.4) is 0 Å². The second kappa shape index (κ2) is 10.6. The Morgan fingerprint density at radius 3 is 2.76 bits per heavy atom. The second-order valence-corrected chi connectivity index (χ2v) is 9.23. The molecule has 2 N–H and O–H groups in total. The van der Waals surface area contributed by atoms with Crippen LogP contribution in [0.25, 0.3) is 5.69 Å². The summed E-state index contributed by atoms with van der Waals surface area (Å²) in [6, 6.07) is 11.5. The van der Waals surface area contributed by atoms with Gasteiger partial charge in [-0.15, -0.1) is 21.5 Å². The zero-order chi connectivity index (χ0) is 24.1. The molecule has 0 unspecified atom stereocenters. The van der Waals surface area contributed by atoms with Crippen LogP contribution in [-0.4, -0.2) is 37.3 Å². The third-order valence-electron chi connectivity index (χ3n) is 4.81. The molecule has 0 saturated carbocycles. The molecule has 0 fully saturated rings. The smallest absolute Gasteiger partial charge is 0.251 e. The Labute approximate surface area is 203 Å². The monoisotopic (exact) mass is 496 g/mol. The van der Waals surface area contributed by atoms with Crippen molar-refractivity contribution in [2.24, 2.45) is 0 Å². The van der Waals surface area contributed by atoms with E-state index in [0.717, 1.165) is 16.8 Å². The average Bonchev–Trinajstić information content (AvgIpc) is 3.47. The van der Waals surface area contributed by atoms with Crippen molar-refractivity contribution in [1.29, 1.82) is 0 Å². The van der Waals surface area contributed by atoms with Gasteiger partial charge in [-0.05, 0) is 49.2 Å². The number of halogens is 1. The maximum Gasteiger partial charge on any atom is 0.251 e. The Bertz CT molecular complexity index is 1320. The zero-order valence-electron chi connectivity index (χ0n) is 18.4. The third kappa shape index (κ3) is 5.67. The maximum absolute atomic E-state index is 13.5. The maximum atomic E-state index is 13.5. The van der Waals surface area contributed by atoms with Gasteiger partial charge in [-0.1, -0.05) is 30.0 Å². The van der Waals surface area contributed by atoms with Gasteiger partial charge in [0.25, 0.3) is 5.91 Å². The molecule has 0 bridgehead atoms. The number of anilines is 1. The molecule has 2 heterocycles. The number of nitrogens with zero attached hydrogens (tertiary/aromatic N) is 4. The van der Waals surface area contributed by atoms with Crippen molar-refractivity contribution in [3.05, 3.63) is 82.4 Å². The lowest BCUT2D eigenvalue weighted by molar-refractivity contribution is -0.113. The van der Waals surface area contributed by atoms with Crippen LogP contribution in [0.1, 0.15) is 27.3 Å². The van der Waals surface area contributed by atoms with Crippen LogP contribution in [0.15, 0.2) is 59.2 Å². The number of carbonyl (C=O) groups excluding carboxylic acids is 2. The van der Waals surface area contributed by atoms with Crippen molar-refractivity contribution in [3.8, 4) is 5.69 Å². The Morgan fingerprint density at radius 1 is 1.15 bits per heavy atom. The van der Waals surface area contributed by atoms with Crippen molar-refractivity contribution in [1.82, 2.24) is 25.1 Å². The number of aromatic nitrogens is 4. The predicted molar refractivity (Wildman–Crippen MR) is 130 cm³/mol. The molecule has 34 heavy (non-hydrogen) atoms.